The smallest absolute Gasteiger partial charge is 0.0492 e. The van der Waals surface area contributed by atoms with Crippen molar-refractivity contribution < 1.29 is 0 Å². The molecule has 1 unspecified atom stereocenters. The molecule has 1 heterocycles. The molecular formula is C19H23N. The molecule has 0 amide bonds. The van der Waals surface area contributed by atoms with Gasteiger partial charge in [-0.15, -0.1) is 0 Å². The lowest BCUT2D eigenvalue weighted by Gasteiger charge is -2.07. The fourth-order valence-corrected chi connectivity index (χ4v) is 2.50. The molecule has 1 aliphatic heterocycles. The standard InChI is InChI=1S/C19H23N/c1-4-6-12-17-15(3)20-19(5-2)18(17)14-13-16-10-8-7-9-11-16/h4-6,8,10-15,20H,2,7,9H2,1,3H3/b6-4-,14-13+,17-12+. The number of allylic oxidation sites excluding steroid dienone is 10. The average molecular weight is 265 g/mol. The van der Waals surface area contributed by atoms with Gasteiger partial charge in [0.2, 0.25) is 0 Å². The van der Waals surface area contributed by atoms with Gasteiger partial charge in [0, 0.05) is 17.3 Å². The second-order valence-corrected chi connectivity index (χ2v) is 5.06. The zero-order chi connectivity index (χ0) is 14.4. The summed E-state index contributed by atoms with van der Waals surface area (Å²) < 4.78 is 0. The maximum Gasteiger partial charge on any atom is 0.0492 e. The molecule has 0 aromatic heterocycles. The molecule has 0 aromatic rings. The van der Waals surface area contributed by atoms with Crippen molar-refractivity contribution in [1.82, 2.24) is 5.32 Å². The van der Waals surface area contributed by atoms with Gasteiger partial charge in [0.25, 0.3) is 0 Å². The minimum absolute atomic E-state index is 0.328. The lowest BCUT2D eigenvalue weighted by molar-refractivity contribution is 0.757. The normalized spacial score (nSPS) is 24.8. The number of nitrogens with one attached hydrogen (secondary N) is 1. The molecule has 0 bridgehead atoms. The first-order valence-electron chi connectivity index (χ1n) is 7.27. The summed E-state index contributed by atoms with van der Waals surface area (Å²) >= 11 is 0. The van der Waals surface area contributed by atoms with Crippen LogP contribution >= 0.6 is 0 Å². The molecule has 0 aromatic carbocycles. The van der Waals surface area contributed by atoms with E-state index in [1.54, 1.807) is 0 Å². The van der Waals surface area contributed by atoms with Crippen LogP contribution in [-0.4, -0.2) is 6.04 Å². The Kier molecular flexibility index (Phi) is 5.00. The van der Waals surface area contributed by atoms with Crippen LogP contribution in [0.15, 0.2) is 83.7 Å². The van der Waals surface area contributed by atoms with E-state index in [9.17, 15) is 0 Å². The van der Waals surface area contributed by atoms with Crippen LogP contribution in [0.5, 0.6) is 0 Å². The van der Waals surface area contributed by atoms with Crippen LogP contribution < -0.4 is 5.32 Å². The molecule has 2 aliphatic rings. The Balaban J connectivity index is 2.29. The first-order valence-corrected chi connectivity index (χ1v) is 7.27. The maximum absolute atomic E-state index is 3.91. The second kappa shape index (κ2) is 6.95. The van der Waals surface area contributed by atoms with Crippen molar-refractivity contribution in [3.8, 4) is 0 Å². The van der Waals surface area contributed by atoms with E-state index in [2.05, 4.69) is 67.4 Å². The molecule has 104 valence electrons. The number of hydrogen-bond acceptors (Lipinski definition) is 1. The summed E-state index contributed by atoms with van der Waals surface area (Å²) in [6.45, 7) is 8.13. The Morgan fingerprint density at radius 2 is 2.15 bits per heavy atom. The van der Waals surface area contributed by atoms with E-state index < -0.39 is 0 Å². The van der Waals surface area contributed by atoms with E-state index in [-0.39, 0.29) is 0 Å². The van der Waals surface area contributed by atoms with Crippen LogP contribution in [0.2, 0.25) is 0 Å². The summed E-state index contributed by atoms with van der Waals surface area (Å²) in [6, 6.07) is 0.328. The molecule has 0 fully saturated rings. The summed E-state index contributed by atoms with van der Waals surface area (Å²) in [7, 11) is 0. The first-order chi connectivity index (χ1) is 9.76. The Hall–Kier alpha value is -2.02. The molecular weight excluding hydrogens is 242 g/mol. The Bertz CT molecular complexity index is 550. The first kappa shape index (κ1) is 14.4. The zero-order valence-electron chi connectivity index (χ0n) is 12.4. The van der Waals surface area contributed by atoms with Gasteiger partial charge in [-0.1, -0.05) is 55.2 Å². The van der Waals surface area contributed by atoms with Crippen LogP contribution in [0.25, 0.3) is 0 Å². The average Bonchev–Trinajstić information content (AvgIpc) is 2.79. The summed E-state index contributed by atoms with van der Waals surface area (Å²) in [5.74, 6) is 0. The predicted octanol–water partition coefficient (Wildman–Crippen LogP) is 4.75. The van der Waals surface area contributed by atoms with Gasteiger partial charge in [0.1, 0.15) is 0 Å². The summed E-state index contributed by atoms with van der Waals surface area (Å²) in [4.78, 5) is 0. The molecule has 0 spiro atoms. The fourth-order valence-electron chi connectivity index (χ4n) is 2.50. The van der Waals surface area contributed by atoms with Crippen molar-refractivity contribution in [3.05, 3.63) is 83.7 Å². The topological polar surface area (TPSA) is 12.0 Å². The van der Waals surface area contributed by atoms with Gasteiger partial charge in [-0.2, -0.15) is 0 Å². The van der Waals surface area contributed by atoms with Gasteiger partial charge < -0.3 is 5.32 Å². The summed E-state index contributed by atoms with van der Waals surface area (Å²) in [5.41, 5.74) is 4.96. The van der Waals surface area contributed by atoms with Gasteiger partial charge in [0.05, 0.1) is 0 Å². The maximum atomic E-state index is 3.91. The fraction of sp³-hybridized carbons (Fsp3) is 0.263. The second-order valence-electron chi connectivity index (χ2n) is 5.06. The SMILES string of the molecule is C=CC1=C(/C=C/C2=CCCC=C2)/C(=C/C=C\C)C(C)N1. The van der Waals surface area contributed by atoms with Crippen molar-refractivity contribution in [2.45, 2.75) is 32.7 Å². The minimum atomic E-state index is 0.328. The van der Waals surface area contributed by atoms with Crippen LogP contribution in [0.4, 0.5) is 0 Å². The minimum Gasteiger partial charge on any atom is -0.378 e. The highest BCUT2D eigenvalue weighted by Crippen LogP contribution is 2.27. The van der Waals surface area contributed by atoms with Crippen molar-refractivity contribution in [2.75, 3.05) is 0 Å². The summed E-state index contributed by atoms with van der Waals surface area (Å²) in [5, 5.41) is 3.47. The van der Waals surface area contributed by atoms with E-state index in [0.717, 1.165) is 18.5 Å². The third-order valence-corrected chi connectivity index (χ3v) is 3.58. The van der Waals surface area contributed by atoms with Crippen molar-refractivity contribution in [2.24, 2.45) is 0 Å². The molecule has 20 heavy (non-hydrogen) atoms. The van der Waals surface area contributed by atoms with E-state index in [1.165, 1.54) is 16.7 Å². The molecule has 1 aliphatic carbocycles. The highest BCUT2D eigenvalue weighted by molar-refractivity contribution is 5.55. The highest BCUT2D eigenvalue weighted by atomic mass is 14.9. The number of hydrogen-bond donors (Lipinski definition) is 1. The Morgan fingerprint density at radius 3 is 2.80 bits per heavy atom. The van der Waals surface area contributed by atoms with E-state index in [0.29, 0.717) is 6.04 Å². The monoisotopic (exact) mass is 265 g/mol. The van der Waals surface area contributed by atoms with Crippen LogP contribution in [0.1, 0.15) is 26.7 Å². The van der Waals surface area contributed by atoms with E-state index >= 15 is 0 Å². The van der Waals surface area contributed by atoms with Gasteiger partial charge in [-0.25, -0.2) is 0 Å². The summed E-state index contributed by atoms with van der Waals surface area (Å²) in [6.07, 6.45) is 21.6. The Labute approximate surface area is 122 Å². The molecule has 1 atom stereocenters. The van der Waals surface area contributed by atoms with Gasteiger partial charge in [-0.05, 0) is 43.9 Å². The quantitative estimate of drug-likeness (QED) is 0.773. The molecule has 1 nitrogen and oxygen atoms in total. The third kappa shape index (κ3) is 3.30. The van der Waals surface area contributed by atoms with Crippen molar-refractivity contribution in [1.29, 1.82) is 0 Å². The van der Waals surface area contributed by atoms with Crippen LogP contribution in [0, 0.1) is 0 Å². The van der Waals surface area contributed by atoms with Gasteiger partial charge in [0.15, 0.2) is 0 Å². The van der Waals surface area contributed by atoms with Crippen LogP contribution in [0.3, 0.4) is 0 Å². The van der Waals surface area contributed by atoms with Gasteiger partial charge >= 0.3 is 0 Å². The Morgan fingerprint density at radius 1 is 1.30 bits per heavy atom. The molecule has 1 N–H and O–H groups in total. The zero-order valence-corrected chi connectivity index (χ0v) is 12.4. The highest BCUT2D eigenvalue weighted by Gasteiger charge is 2.21. The van der Waals surface area contributed by atoms with Crippen LogP contribution in [-0.2, 0) is 0 Å². The molecule has 0 radical (unpaired) electrons. The largest absolute Gasteiger partial charge is 0.378 e. The van der Waals surface area contributed by atoms with E-state index in [4.69, 9.17) is 0 Å². The third-order valence-electron chi connectivity index (χ3n) is 3.58. The van der Waals surface area contributed by atoms with Crippen molar-refractivity contribution >= 4 is 0 Å². The lowest BCUT2D eigenvalue weighted by Crippen LogP contribution is -2.18. The lowest BCUT2D eigenvalue weighted by atomic mass is 9.99. The predicted molar refractivity (Wildman–Crippen MR) is 88.3 cm³/mol. The van der Waals surface area contributed by atoms with Gasteiger partial charge in [-0.3, -0.25) is 0 Å². The molecule has 2 rings (SSSR count). The molecule has 0 saturated heterocycles. The van der Waals surface area contributed by atoms with E-state index in [1.807, 2.05) is 13.0 Å². The van der Waals surface area contributed by atoms with Crippen molar-refractivity contribution in [3.63, 3.8) is 0 Å². The number of rotatable bonds is 4. The molecule has 1 heteroatoms. The molecule has 0 saturated carbocycles.